The second kappa shape index (κ2) is 5.76. The van der Waals surface area contributed by atoms with E-state index >= 15 is 0 Å². The average molecular weight is 406 g/mol. The fourth-order valence-electron chi connectivity index (χ4n) is 3.34. The highest BCUT2D eigenvalue weighted by Crippen LogP contribution is 2.44. The summed E-state index contributed by atoms with van der Waals surface area (Å²) >= 11 is 0. The molecule has 0 spiro atoms. The Morgan fingerprint density at radius 3 is 3.00 bits per heavy atom. The first kappa shape index (κ1) is 7.09. The molecule has 3 aliphatic rings. The molecule has 1 N–H and O–H groups in total. The highest BCUT2D eigenvalue weighted by atomic mass is 16.7. The van der Waals surface area contributed by atoms with Gasteiger partial charge in [0, 0.05) is 36.8 Å². The number of hydrogen-bond acceptors (Lipinski definition) is 4. The zero-order valence-electron chi connectivity index (χ0n) is 30.2. The van der Waals surface area contributed by atoms with Gasteiger partial charge in [-0.1, -0.05) is 24.2 Å². The molecular formula is C22H19N3O4. The van der Waals surface area contributed by atoms with Crippen molar-refractivity contribution >= 4 is 22.7 Å². The first-order chi connectivity index (χ1) is 20.5. The minimum Gasteiger partial charge on any atom is -0.454 e. The monoisotopic (exact) mass is 405 g/mol. The van der Waals surface area contributed by atoms with Crippen LogP contribution in [0.4, 0.5) is 0 Å². The zero-order chi connectivity index (χ0) is 33.7. The molecule has 3 aliphatic heterocycles. The van der Waals surface area contributed by atoms with E-state index in [1.165, 1.54) is 0 Å². The van der Waals surface area contributed by atoms with E-state index in [1.807, 2.05) is 0 Å². The largest absolute Gasteiger partial charge is 0.454 e. The maximum atomic E-state index is 14.1. The van der Waals surface area contributed by atoms with Gasteiger partial charge in [-0.2, -0.15) is 0 Å². The van der Waals surface area contributed by atoms with Crippen LogP contribution < -0.4 is 9.47 Å². The Hall–Kier alpha value is -3.48. The summed E-state index contributed by atoms with van der Waals surface area (Å²) in [6.45, 7) is -8.19. The van der Waals surface area contributed by atoms with Crippen molar-refractivity contribution in [3.8, 4) is 11.5 Å². The molecule has 2 aromatic carbocycles. The van der Waals surface area contributed by atoms with Crippen LogP contribution in [0.1, 0.15) is 44.8 Å². The van der Waals surface area contributed by atoms with E-state index in [-0.39, 0.29) is 4.90 Å². The van der Waals surface area contributed by atoms with E-state index < -0.39 is 137 Å². The summed E-state index contributed by atoms with van der Waals surface area (Å²) in [6.07, 6.45) is -3.65. The number of aromatic amines is 1. The van der Waals surface area contributed by atoms with Crippen LogP contribution in [0.25, 0.3) is 10.9 Å². The van der Waals surface area contributed by atoms with Crippen LogP contribution in [0.3, 0.4) is 0 Å². The van der Waals surface area contributed by atoms with Gasteiger partial charge in [-0.15, -0.1) is 0 Å². The third kappa shape index (κ3) is 2.24. The van der Waals surface area contributed by atoms with Crippen LogP contribution >= 0.6 is 0 Å². The quantitative estimate of drug-likeness (QED) is 0.674. The van der Waals surface area contributed by atoms with Crippen molar-refractivity contribution in [2.75, 3.05) is 20.3 Å². The number of carbonyl (C=O) groups is 2. The minimum atomic E-state index is -3.91. The van der Waals surface area contributed by atoms with E-state index in [0.717, 1.165) is 0 Å². The van der Waals surface area contributed by atoms with Gasteiger partial charge in [0.15, 0.2) is 11.5 Å². The number of H-pyrrole nitrogens is 1. The van der Waals surface area contributed by atoms with Crippen LogP contribution in [-0.4, -0.2) is 52.9 Å². The van der Waals surface area contributed by atoms with E-state index in [1.54, 1.807) is 0 Å². The first-order valence-electron chi connectivity index (χ1n) is 16.2. The van der Waals surface area contributed by atoms with Crippen molar-refractivity contribution in [3.63, 3.8) is 0 Å². The van der Waals surface area contributed by atoms with Crippen LogP contribution in [0, 0.1) is 0 Å². The Balaban J connectivity index is 1.89. The summed E-state index contributed by atoms with van der Waals surface area (Å²) in [5.74, 6) is -5.22. The summed E-state index contributed by atoms with van der Waals surface area (Å²) in [4.78, 5) is 29.8. The molecule has 0 saturated carbocycles. The summed E-state index contributed by atoms with van der Waals surface area (Å²) in [5, 5.41) is -0.692. The molecule has 29 heavy (non-hydrogen) atoms. The minimum absolute atomic E-state index is 0.244. The van der Waals surface area contributed by atoms with E-state index in [4.69, 9.17) is 28.7 Å². The van der Waals surface area contributed by atoms with Crippen LogP contribution in [-0.2, 0) is 16.0 Å². The molecule has 0 aliphatic carbocycles. The number of para-hydroxylation sites is 1. The van der Waals surface area contributed by atoms with Crippen LogP contribution in [0.5, 0.6) is 11.5 Å². The van der Waals surface area contributed by atoms with Crippen LogP contribution in [0.15, 0.2) is 42.3 Å². The number of rotatable bonds is 1. The number of aromatic nitrogens is 1. The summed E-state index contributed by atoms with van der Waals surface area (Å²) in [6, 6.07) is -13.6. The molecule has 7 heteroatoms. The Kier molecular flexibility index (Phi) is 1.41. The van der Waals surface area contributed by atoms with Gasteiger partial charge in [0.1, 0.15) is 6.02 Å². The topological polar surface area (TPSA) is 74.9 Å². The molecule has 2 atom stereocenters. The van der Waals surface area contributed by atoms with Gasteiger partial charge in [-0.25, -0.2) is 0 Å². The van der Waals surface area contributed by atoms with E-state index in [2.05, 4.69) is 4.98 Å². The molecule has 0 unspecified atom stereocenters. The molecule has 6 rings (SSSR count). The Morgan fingerprint density at radius 1 is 1.24 bits per heavy atom. The highest BCUT2D eigenvalue weighted by molar-refractivity contribution is 5.97. The zero-order valence-corrected chi connectivity index (χ0v) is 14.2. The Bertz CT molecular complexity index is 1910. The molecular weight excluding hydrogens is 370 g/mol. The normalized spacial score (nSPS) is 39.7. The molecule has 146 valence electrons. The molecule has 0 bridgehead atoms. The maximum Gasteiger partial charge on any atom is 0.245 e. The van der Waals surface area contributed by atoms with E-state index in [9.17, 15) is 12.3 Å². The van der Waals surface area contributed by atoms with Gasteiger partial charge in [-0.05, 0) is 29.3 Å². The lowest BCUT2D eigenvalue weighted by molar-refractivity contribution is -0.157. The lowest BCUT2D eigenvalue weighted by atomic mass is 9.86. The Morgan fingerprint density at radius 2 is 2.10 bits per heavy atom. The number of fused-ring (bicyclic) bond motifs is 5. The molecule has 2 amide bonds. The lowest BCUT2D eigenvalue weighted by Gasteiger charge is -2.46. The Labute approximate surface area is 189 Å². The van der Waals surface area contributed by atoms with Gasteiger partial charge in [0.25, 0.3) is 0 Å². The molecule has 1 aromatic heterocycles. The van der Waals surface area contributed by atoms with Crippen molar-refractivity contribution < 1.29 is 41.0 Å². The SMILES string of the molecule is [2H]c1c([2H])c([C@]2([2H])c3[nH]c4c([2H])c([2H])c([2H])c([2H])c4c3C([2H])([2H])[C@]3([2H])C(=O)N(C([2H])([2H])[2H])C([2H])([2H])C(=O)N23)c([2H])c2c1OCO2. The number of amides is 2. The second-order valence-electron chi connectivity index (χ2n) is 6.15. The number of carbonyl (C=O) groups excluding carboxylic acids is 2. The van der Waals surface area contributed by atoms with Gasteiger partial charge in [-0.3, -0.25) is 9.59 Å². The highest BCUT2D eigenvalue weighted by Gasteiger charge is 2.47. The smallest absolute Gasteiger partial charge is 0.245 e. The van der Waals surface area contributed by atoms with Gasteiger partial charge < -0.3 is 24.3 Å². The fraction of sp³-hybridized carbons (Fsp3) is 0.273. The number of ether oxygens (including phenoxy) is 2. The van der Waals surface area contributed by atoms with Crippen molar-refractivity contribution in [1.82, 2.24) is 14.8 Å². The number of likely N-dealkylation sites (N-methyl/N-ethyl adjacent to an activating group) is 1. The summed E-state index contributed by atoms with van der Waals surface area (Å²) in [5.41, 5.74) is -3.48. The third-order valence-electron chi connectivity index (χ3n) is 4.57. The number of nitrogens with one attached hydrogen (secondary N) is 1. The molecule has 7 nitrogen and oxygen atoms in total. The molecule has 1 fully saturated rings. The van der Waals surface area contributed by atoms with E-state index in [0.29, 0.717) is 0 Å². The standard InChI is InChI=1S/C22H19N3O4/c1-24-10-19(26)25-16(22(24)27)9-14-13-4-2-3-5-15(13)23-20(14)21(25)12-6-7-17-18(8-12)29-11-28-17/h2-8,16,21,23H,9-11H2,1H3/t16-,21-/m1/s1/i1D3,2D,3D,4D,5D,6D,7D,8D,9D2,10D2,16D,21D. The molecule has 3 aromatic rings. The molecule has 1 saturated heterocycles. The molecule has 4 heterocycles. The van der Waals surface area contributed by atoms with Crippen molar-refractivity contribution in [2.24, 2.45) is 0 Å². The number of piperazine rings is 1. The van der Waals surface area contributed by atoms with Gasteiger partial charge in [0.05, 0.1) is 27.6 Å². The van der Waals surface area contributed by atoms with Crippen LogP contribution in [0.2, 0.25) is 0 Å². The third-order valence-corrected chi connectivity index (χ3v) is 4.57. The van der Waals surface area contributed by atoms with Crippen molar-refractivity contribution in [1.29, 1.82) is 0 Å². The number of hydrogen-bond donors (Lipinski definition) is 1. The first-order valence-corrected chi connectivity index (χ1v) is 8.24. The maximum absolute atomic E-state index is 14.1. The fourth-order valence-corrected chi connectivity index (χ4v) is 3.34. The van der Waals surface area contributed by atoms with Gasteiger partial charge in [0.2, 0.25) is 18.6 Å². The second-order valence-corrected chi connectivity index (χ2v) is 6.15. The summed E-state index contributed by atoms with van der Waals surface area (Å²) < 4.78 is 147. The number of nitrogens with zero attached hydrogens (tertiary/aromatic N) is 2. The summed E-state index contributed by atoms with van der Waals surface area (Å²) in [7, 11) is 0. The predicted molar refractivity (Wildman–Crippen MR) is 105 cm³/mol. The van der Waals surface area contributed by atoms with Gasteiger partial charge >= 0.3 is 0 Å². The van der Waals surface area contributed by atoms with Crippen molar-refractivity contribution in [2.45, 2.75) is 18.4 Å². The van der Waals surface area contributed by atoms with Crippen molar-refractivity contribution in [3.05, 3.63) is 59.1 Å². The average Bonchev–Trinajstić information content (AvgIpc) is 3.58. The predicted octanol–water partition coefficient (Wildman–Crippen LogP) is 2.21. The lowest BCUT2D eigenvalue weighted by Crippen LogP contribution is -2.62. The molecule has 0 radical (unpaired) electrons. The number of benzene rings is 2.